The number of amides is 2. The van der Waals surface area contributed by atoms with Gasteiger partial charge in [-0.2, -0.15) is 0 Å². The fourth-order valence-electron chi connectivity index (χ4n) is 1.85. The number of benzene rings is 2. The third-order valence-corrected chi connectivity index (χ3v) is 5.18. The largest absolute Gasteiger partial charge is 0.273 e. The SMILES string of the molecule is O=C(CCS(=O)(=O)c1ccc(F)cc1)NNC(=O)c1ccc(Cl)cc1. The van der Waals surface area contributed by atoms with E-state index in [1.807, 2.05) is 0 Å². The Labute approximate surface area is 148 Å². The summed E-state index contributed by atoms with van der Waals surface area (Å²) in [6, 6.07) is 10.3. The zero-order chi connectivity index (χ0) is 18.4. The number of carbonyl (C=O) groups is 2. The van der Waals surface area contributed by atoms with E-state index in [1.54, 1.807) is 0 Å². The first-order valence-corrected chi connectivity index (χ1v) is 9.14. The van der Waals surface area contributed by atoms with E-state index >= 15 is 0 Å². The Morgan fingerprint density at radius 3 is 2.16 bits per heavy atom. The van der Waals surface area contributed by atoms with Crippen LogP contribution in [-0.4, -0.2) is 26.0 Å². The summed E-state index contributed by atoms with van der Waals surface area (Å²) in [6.45, 7) is 0. The first kappa shape index (κ1) is 18.9. The summed E-state index contributed by atoms with van der Waals surface area (Å²) in [6.07, 6.45) is -0.361. The number of sulfone groups is 1. The molecule has 2 N–H and O–H groups in total. The lowest BCUT2D eigenvalue weighted by molar-refractivity contribution is -0.121. The van der Waals surface area contributed by atoms with Gasteiger partial charge < -0.3 is 0 Å². The van der Waals surface area contributed by atoms with Crippen LogP contribution >= 0.6 is 11.6 Å². The zero-order valence-electron chi connectivity index (χ0n) is 12.8. The van der Waals surface area contributed by atoms with E-state index in [1.165, 1.54) is 24.3 Å². The molecule has 0 saturated carbocycles. The van der Waals surface area contributed by atoms with Gasteiger partial charge in [-0.15, -0.1) is 0 Å². The van der Waals surface area contributed by atoms with Crippen LogP contribution in [0.2, 0.25) is 5.02 Å². The van der Waals surface area contributed by atoms with Gasteiger partial charge in [0.15, 0.2) is 9.84 Å². The second-order valence-corrected chi connectivity index (χ2v) is 7.58. The molecule has 0 spiro atoms. The van der Waals surface area contributed by atoms with Crippen LogP contribution in [-0.2, 0) is 14.6 Å². The average molecular weight is 385 g/mol. The first-order valence-electron chi connectivity index (χ1n) is 7.11. The van der Waals surface area contributed by atoms with Gasteiger partial charge in [0.1, 0.15) is 5.82 Å². The molecular formula is C16H14ClFN2O4S. The molecule has 0 radical (unpaired) electrons. The topological polar surface area (TPSA) is 92.3 Å². The molecule has 0 heterocycles. The molecule has 0 aliphatic heterocycles. The van der Waals surface area contributed by atoms with Crippen molar-refractivity contribution in [2.75, 3.05) is 5.75 Å². The lowest BCUT2D eigenvalue weighted by Gasteiger charge is -2.08. The Bertz CT molecular complexity index is 868. The van der Waals surface area contributed by atoms with Crippen LogP contribution in [0.15, 0.2) is 53.4 Å². The molecule has 2 amide bonds. The van der Waals surface area contributed by atoms with Gasteiger partial charge >= 0.3 is 0 Å². The molecule has 0 atom stereocenters. The van der Waals surface area contributed by atoms with Crippen LogP contribution in [0.4, 0.5) is 4.39 Å². The highest BCUT2D eigenvalue weighted by molar-refractivity contribution is 7.91. The van der Waals surface area contributed by atoms with E-state index in [0.717, 1.165) is 24.3 Å². The monoisotopic (exact) mass is 384 g/mol. The van der Waals surface area contributed by atoms with Crippen LogP contribution < -0.4 is 10.9 Å². The summed E-state index contributed by atoms with van der Waals surface area (Å²) in [5.74, 6) is -2.26. The van der Waals surface area contributed by atoms with Gasteiger partial charge in [0.2, 0.25) is 5.91 Å². The second kappa shape index (κ2) is 8.09. The highest BCUT2D eigenvalue weighted by atomic mass is 35.5. The van der Waals surface area contributed by atoms with Crippen LogP contribution in [0.1, 0.15) is 16.8 Å². The minimum absolute atomic E-state index is 0.0769. The van der Waals surface area contributed by atoms with E-state index in [9.17, 15) is 22.4 Å². The van der Waals surface area contributed by atoms with Crippen LogP contribution in [0, 0.1) is 5.82 Å². The fourth-order valence-corrected chi connectivity index (χ4v) is 3.22. The van der Waals surface area contributed by atoms with Crippen LogP contribution in [0.25, 0.3) is 0 Å². The second-order valence-electron chi connectivity index (χ2n) is 5.03. The van der Waals surface area contributed by atoms with E-state index in [0.29, 0.717) is 5.02 Å². The molecule has 0 aromatic heterocycles. The van der Waals surface area contributed by atoms with Crippen molar-refractivity contribution >= 4 is 33.3 Å². The molecular weight excluding hydrogens is 371 g/mol. The van der Waals surface area contributed by atoms with E-state index in [-0.39, 0.29) is 16.9 Å². The van der Waals surface area contributed by atoms with E-state index in [2.05, 4.69) is 10.9 Å². The maximum absolute atomic E-state index is 12.8. The molecule has 0 saturated heterocycles. The highest BCUT2D eigenvalue weighted by Gasteiger charge is 2.17. The van der Waals surface area contributed by atoms with Gasteiger partial charge in [-0.25, -0.2) is 12.8 Å². The third-order valence-electron chi connectivity index (χ3n) is 3.19. The molecule has 2 rings (SSSR count). The Kier molecular flexibility index (Phi) is 6.11. The molecule has 2 aromatic rings. The van der Waals surface area contributed by atoms with Gasteiger partial charge in [0.25, 0.3) is 5.91 Å². The Morgan fingerprint density at radius 1 is 0.960 bits per heavy atom. The van der Waals surface area contributed by atoms with Crippen molar-refractivity contribution in [3.63, 3.8) is 0 Å². The van der Waals surface area contributed by atoms with Crippen molar-refractivity contribution in [2.45, 2.75) is 11.3 Å². The molecule has 0 aliphatic rings. The molecule has 6 nitrogen and oxygen atoms in total. The number of halogens is 2. The van der Waals surface area contributed by atoms with Crippen LogP contribution in [0.3, 0.4) is 0 Å². The first-order chi connectivity index (χ1) is 11.8. The normalized spacial score (nSPS) is 11.0. The number of hydrogen-bond donors (Lipinski definition) is 2. The molecule has 0 bridgehead atoms. The summed E-state index contributed by atoms with van der Waals surface area (Å²) in [7, 11) is -3.72. The van der Waals surface area contributed by atoms with Crippen molar-refractivity contribution in [1.29, 1.82) is 0 Å². The number of rotatable bonds is 5. The smallest absolute Gasteiger partial charge is 0.269 e. The maximum atomic E-state index is 12.8. The van der Waals surface area contributed by atoms with Gasteiger partial charge in [0, 0.05) is 17.0 Å². The Morgan fingerprint density at radius 2 is 1.56 bits per heavy atom. The zero-order valence-corrected chi connectivity index (χ0v) is 14.4. The molecule has 0 aliphatic carbocycles. The standard InChI is InChI=1S/C16H14ClFN2O4S/c17-12-3-1-11(2-4-12)16(22)20-19-15(21)9-10-25(23,24)14-7-5-13(18)6-8-14/h1-8H,9-10H2,(H,19,21)(H,20,22). The van der Waals surface area contributed by atoms with Gasteiger partial charge in [-0.1, -0.05) is 11.6 Å². The predicted octanol–water partition coefficient (Wildman–Crippen LogP) is 2.10. The summed E-state index contributed by atoms with van der Waals surface area (Å²) >= 11 is 5.71. The number of hydrogen-bond acceptors (Lipinski definition) is 4. The highest BCUT2D eigenvalue weighted by Crippen LogP contribution is 2.13. The fraction of sp³-hybridized carbons (Fsp3) is 0.125. The van der Waals surface area contributed by atoms with Crippen molar-refractivity contribution < 1.29 is 22.4 Å². The molecule has 132 valence electrons. The van der Waals surface area contributed by atoms with Crippen molar-refractivity contribution in [3.8, 4) is 0 Å². The number of carbonyl (C=O) groups excluding carboxylic acids is 2. The van der Waals surface area contributed by atoms with Crippen molar-refractivity contribution in [2.24, 2.45) is 0 Å². The molecule has 9 heteroatoms. The van der Waals surface area contributed by atoms with Crippen molar-refractivity contribution in [1.82, 2.24) is 10.9 Å². The predicted molar refractivity (Wildman–Crippen MR) is 90.1 cm³/mol. The Hall–Kier alpha value is -2.45. The molecule has 2 aromatic carbocycles. The van der Waals surface area contributed by atoms with E-state index < -0.39 is 33.2 Å². The Balaban J connectivity index is 1.85. The number of hydrazine groups is 1. The number of nitrogens with one attached hydrogen (secondary N) is 2. The average Bonchev–Trinajstić information content (AvgIpc) is 2.59. The summed E-state index contributed by atoms with van der Waals surface area (Å²) in [5.41, 5.74) is 4.59. The minimum Gasteiger partial charge on any atom is -0.273 e. The summed E-state index contributed by atoms with van der Waals surface area (Å²) < 4.78 is 36.9. The molecule has 25 heavy (non-hydrogen) atoms. The van der Waals surface area contributed by atoms with Crippen LogP contribution in [0.5, 0.6) is 0 Å². The quantitative estimate of drug-likeness (QED) is 0.610. The lowest BCUT2D eigenvalue weighted by atomic mass is 10.2. The van der Waals surface area contributed by atoms with Gasteiger partial charge in [-0.3, -0.25) is 20.4 Å². The molecule has 0 unspecified atom stereocenters. The third kappa shape index (κ3) is 5.54. The van der Waals surface area contributed by atoms with Gasteiger partial charge in [-0.05, 0) is 48.5 Å². The summed E-state index contributed by atoms with van der Waals surface area (Å²) in [5, 5.41) is 0.464. The van der Waals surface area contributed by atoms with Crippen molar-refractivity contribution in [3.05, 3.63) is 64.9 Å². The lowest BCUT2D eigenvalue weighted by Crippen LogP contribution is -2.42. The molecule has 0 fully saturated rings. The summed E-state index contributed by atoms with van der Waals surface area (Å²) in [4.78, 5) is 23.4. The van der Waals surface area contributed by atoms with Gasteiger partial charge in [0.05, 0.1) is 10.6 Å². The van der Waals surface area contributed by atoms with E-state index in [4.69, 9.17) is 11.6 Å². The maximum Gasteiger partial charge on any atom is 0.269 e. The minimum atomic E-state index is -3.72.